The van der Waals surface area contributed by atoms with Crippen molar-refractivity contribution in [1.82, 2.24) is 0 Å². The summed E-state index contributed by atoms with van der Waals surface area (Å²) in [6, 6.07) is 12.6. The first-order chi connectivity index (χ1) is 14.1. The van der Waals surface area contributed by atoms with Crippen LogP contribution in [0.15, 0.2) is 57.8 Å². The number of hydrogen-bond donors (Lipinski definition) is 0. The number of aryl methyl sites for hydroxylation is 1. The molecule has 0 aliphatic heterocycles. The number of alkyl halides is 3. The molecule has 0 unspecified atom stereocenters. The molecule has 0 atom stereocenters. The van der Waals surface area contributed by atoms with E-state index in [1.165, 1.54) is 17.8 Å². The van der Waals surface area contributed by atoms with Gasteiger partial charge in [-0.3, -0.25) is 9.78 Å². The van der Waals surface area contributed by atoms with Crippen LogP contribution < -0.4 is 4.89 Å². The maximum absolute atomic E-state index is 13.3. The lowest BCUT2D eigenvalue weighted by Gasteiger charge is -2.13. The van der Waals surface area contributed by atoms with Crippen molar-refractivity contribution in [2.24, 2.45) is 0 Å². The molecule has 0 fully saturated rings. The average Bonchev–Trinajstić information content (AvgIpc) is 3.05. The second-order valence-electron chi connectivity index (χ2n) is 6.30. The zero-order valence-electron chi connectivity index (χ0n) is 15.9. The van der Waals surface area contributed by atoms with Crippen molar-refractivity contribution in [2.75, 3.05) is 0 Å². The Balaban J connectivity index is 1.77. The number of furan rings is 1. The van der Waals surface area contributed by atoms with E-state index in [1.54, 1.807) is 19.1 Å². The smallest absolute Gasteiger partial charge is 0.420 e. The summed E-state index contributed by atoms with van der Waals surface area (Å²) in [7, 11) is 0. The zero-order chi connectivity index (χ0) is 21.9. The predicted molar refractivity (Wildman–Crippen MR) is 107 cm³/mol. The van der Waals surface area contributed by atoms with Crippen LogP contribution >= 0.6 is 23.4 Å². The summed E-state index contributed by atoms with van der Waals surface area (Å²) in [5.41, 5.74) is 0.684. The lowest BCUT2D eigenvalue weighted by atomic mass is 10.1. The molecule has 0 aliphatic carbocycles. The Morgan fingerprint density at radius 2 is 1.83 bits per heavy atom. The van der Waals surface area contributed by atoms with Crippen LogP contribution in [0.25, 0.3) is 11.3 Å². The van der Waals surface area contributed by atoms with Crippen LogP contribution in [0, 0.1) is 6.92 Å². The normalized spacial score (nSPS) is 11.4. The van der Waals surface area contributed by atoms with Crippen molar-refractivity contribution in [3.05, 3.63) is 70.4 Å². The Morgan fingerprint density at radius 3 is 2.47 bits per heavy atom. The molecule has 0 saturated carbocycles. The molecule has 3 rings (SSSR count). The summed E-state index contributed by atoms with van der Waals surface area (Å²) in [5.74, 6) is 0.309. The van der Waals surface area contributed by atoms with Gasteiger partial charge in [-0.25, -0.2) is 4.79 Å². The van der Waals surface area contributed by atoms with E-state index in [-0.39, 0.29) is 0 Å². The third kappa shape index (κ3) is 5.52. The summed E-state index contributed by atoms with van der Waals surface area (Å²) in [4.78, 5) is 19.9. The monoisotopic (exact) mass is 456 g/mol. The molecule has 0 radical (unpaired) electrons. The number of carbonyl (C=O) groups is 1. The van der Waals surface area contributed by atoms with Gasteiger partial charge >= 0.3 is 12.1 Å². The van der Waals surface area contributed by atoms with Crippen LogP contribution in [-0.4, -0.2) is 5.97 Å². The minimum absolute atomic E-state index is 0.381. The van der Waals surface area contributed by atoms with Gasteiger partial charge in [-0.05, 0) is 55.5 Å². The van der Waals surface area contributed by atoms with Gasteiger partial charge < -0.3 is 4.42 Å². The van der Waals surface area contributed by atoms with Gasteiger partial charge in [0.25, 0.3) is 0 Å². The van der Waals surface area contributed by atoms with E-state index >= 15 is 0 Å². The number of carbonyl (C=O) groups excluding carboxylic acids is 1. The highest BCUT2D eigenvalue weighted by Crippen LogP contribution is 2.39. The highest BCUT2D eigenvalue weighted by atomic mass is 35.5. The van der Waals surface area contributed by atoms with Crippen molar-refractivity contribution in [3.63, 3.8) is 0 Å². The van der Waals surface area contributed by atoms with E-state index in [4.69, 9.17) is 16.0 Å². The third-order valence-corrected chi connectivity index (χ3v) is 5.34. The molecule has 4 nitrogen and oxygen atoms in total. The van der Waals surface area contributed by atoms with Crippen LogP contribution in [0.5, 0.6) is 5.75 Å². The second kappa shape index (κ2) is 9.06. The van der Waals surface area contributed by atoms with E-state index in [0.29, 0.717) is 27.2 Å². The lowest BCUT2D eigenvalue weighted by molar-refractivity contribution is -0.214. The fourth-order valence-corrected chi connectivity index (χ4v) is 3.68. The van der Waals surface area contributed by atoms with Gasteiger partial charge in [-0.1, -0.05) is 11.6 Å². The van der Waals surface area contributed by atoms with Gasteiger partial charge in [0, 0.05) is 33.7 Å². The van der Waals surface area contributed by atoms with E-state index < -0.39 is 23.5 Å². The van der Waals surface area contributed by atoms with Crippen molar-refractivity contribution < 1.29 is 32.2 Å². The molecule has 0 amide bonds. The van der Waals surface area contributed by atoms with Crippen molar-refractivity contribution in [1.29, 1.82) is 0 Å². The first-order valence-corrected chi connectivity index (χ1v) is 10.0. The quantitative estimate of drug-likeness (QED) is 0.225. The molecule has 0 bridgehead atoms. The molecule has 9 heteroatoms. The maximum atomic E-state index is 13.3. The predicted octanol–water partition coefficient (Wildman–Crippen LogP) is 7.08. The molecule has 0 aliphatic rings. The second-order valence-corrected chi connectivity index (χ2v) is 7.79. The van der Waals surface area contributed by atoms with Gasteiger partial charge in [0.05, 0.1) is 0 Å². The van der Waals surface area contributed by atoms with Crippen LogP contribution in [-0.2, 0) is 21.6 Å². The minimum Gasteiger partial charge on any atom is -0.461 e. The van der Waals surface area contributed by atoms with Crippen molar-refractivity contribution in [2.45, 2.75) is 30.7 Å². The molecule has 158 valence electrons. The highest BCUT2D eigenvalue weighted by Gasteiger charge is 2.35. The van der Waals surface area contributed by atoms with Gasteiger partial charge in [0.2, 0.25) is 0 Å². The molecule has 0 saturated heterocycles. The molecule has 1 heterocycles. The van der Waals surface area contributed by atoms with Crippen LogP contribution in [0.3, 0.4) is 0 Å². The highest BCUT2D eigenvalue weighted by molar-refractivity contribution is 7.98. The summed E-state index contributed by atoms with van der Waals surface area (Å²) in [5, 5.41) is 0.611. The minimum atomic E-state index is -4.67. The first kappa shape index (κ1) is 22.1. The lowest BCUT2D eigenvalue weighted by Crippen LogP contribution is -2.11. The van der Waals surface area contributed by atoms with Gasteiger partial charge in [-0.2, -0.15) is 13.2 Å². The Labute approximate surface area is 179 Å². The fourth-order valence-electron chi connectivity index (χ4n) is 2.58. The van der Waals surface area contributed by atoms with E-state index in [0.717, 1.165) is 30.2 Å². The first-order valence-electron chi connectivity index (χ1n) is 8.68. The summed E-state index contributed by atoms with van der Waals surface area (Å²) >= 11 is 7.11. The molecule has 1 aromatic heterocycles. The standard InChI is InChI=1S/C21H16ClF3O4S/c1-12-15(9-20(27-12)14-3-5-16(22)6-4-14)11-30-17-7-8-19(29-28-13(2)26)18(10-17)21(23,24)25/h3-10H,11H2,1-2H3. The van der Waals surface area contributed by atoms with E-state index in [9.17, 15) is 18.0 Å². The van der Waals surface area contributed by atoms with Crippen LogP contribution in [0.2, 0.25) is 5.02 Å². The molecular weight excluding hydrogens is 441 g/mol. The molecule has 0 spiro atoms. The SMILES string of the molecule is CC(=O)OOc1ccc(SCc2cc(-c3ccc(Cl)cc3)oc2C)cc1C(F)(F)F. The van der Waals surface area contributed by atoms with Gasteiger partial charge in [-0.15, -0.1) is 11.8 Å². The molecular formula is C21H16ClF3O4S. The van der Waals surface area contributed by atoms with Crippen molar-refractivity contribution in [3.8, 4) is 17.1 Å². The van der Waals surface area contributed by atoms with Crippen LogP contribution in [0.4, 0.5) is 13.2 Å². The number of halogens is 4. The fraction of sp³-hybridized carbons (Fsp3) is 0.190. The molecule has 2 aromatic carbocycles. The number of rotatable bonds is 6. The van der Waals surface area contributed by atoms with E-state index in [1.807, 2.05) is 18.2 Å². The topological polar surface area (TPSA) is 48.7 Å². The maximum Gasteiger partial charge on any atom is 0.420 e. The van der Waals surface area contributed by atoms with Crippen molar-refractivity contribution >= 4 is 29.3 Å². The number of thioether (sulfide) groups is 1. The molecule has 0 N–H and O–H groups in total. The van der Waals surface area contributed by atoms with Gasteiger partial charge in [0.1, 0.15) is 17.1 Å². The number of hydrogen-bond acceptors (Lipinski definition) is 5. The summed E-state index contributed by atoms with van der Waals surface area (Å²) < 4.78 is 45.8. The summed E-state index contributed by atoms with van der Waals surface area (Å²) in [6.45, 7) is 2.83. The zero-order valence-corrected chi connectivity index (χ0v) is 17.5. The Morgan fingerprint density at radius 1 is 1.13 bits per heavy atom. The molecule has 30 heavy (non-hydrogen) atoms. The third-order valence-electron chi connectivity index (χ3n) is 4.05. The number of benzene rings is 2. The Hall–Kier alpha value is -2.58. The van der Waals surface area contributed by atoms with Gasteiger partial charge in [0.15, 0.2) is 5.75 Å². The Kier molecular flexibility index (Phi) is 6.67. The molecule has 3 aromatic rings. The largest absolute Gasteiger partial charge is 0.461 e. The average molecular weight is 457 g/mol. The summed E-state index contributed by atoms with van der Waals surface area (Å²) in [6.07, 6.45) is -4.67. The van der Waals surface area contributed by atoms with Crippen LogP contribution in [0.1, 0.15) is 23.8 Å². The van der Waals surface area contributed by atoms with E-state index in [2.05, 4.69) is 9.78 Å². The Bertz CT molecular complexity index is 1050.